The van der Waals surface area contributed by atoms with Crippen molar-refractivity contribution in [2.45, 2.75) is 19.3 Å². The zero-order valence-electron chi connectivity index (χ0n) is 11.9. The molecule has 0 radical (unpaired) electrons. The van der Waals surface area contributed by atoms with Crippen LogP contribution < -0.4 is 11.1 Å². The lowest BCUT2D eigenvalue weighted by Gasteiger charge is -2.31. The van der Waals surface area contributed by atoms with E-state index in [1.165, 1.54) is 38.0 Å². The lowest BCUT2D eigenvalue weighted by molar-refractivity contribution is 0.187. The van der Waals surface area contributed by atoms with Gasteiger partial charge in [0, 0.05) is 13.1 Å². The Balaban J connectivity index is 1.55. The zero-order valence-corrected chi connectivity index (χ0v) is 11.9. The Labute approximate surface area is 117 Å². The van der Waals surface area contributed by atoms with Crippen LogP contribution in [0, 0.1) is 5.92 Å². The first-order valence-corrected chi connectivity index (χ1v) is 7.55. The Morgan fingerprint density at radius 1 is 1.16 bits per heavy atom. The first-order chi connectivity index (χ1) is 9.38. The van der Waals surface area contributed by atoms with Gasteiger partial charge in [0.15, 0.2) is 0 Å². The van der Waals surface area contributed by atoms with Crippen LogP contribution in [0.2, 0.25) is 0 Å². The van der Waals surface area contributed by atoms with Gasteiger partial charge in [-0.25, -0.2) is 0 Å². The maximum Gasteiger partial charge on any atom is 0.0105 e. The van der Waals surface area contributed by atoms with E-state index in [4.69, 9.17) is 5.73 Å². The number of hydrogen-bond donors (Lipinski definition) is 2. The van der Waals surface area contributed by atoms with Crippen molar-refractivity contribution >= 4 is 0 Å². The lowest BCUT2D eigenvalue weighted by Crippen LogP contribution is -2.39. The van der Waals surface area contributed by atoms with Crippen molar-refractivity contribution in [3.8, 4) is 0 Å². The summed E-state index contributed by atoms with van der Waals surface area (Å²) in [5.74, 6) is 0.852. The molecule has 1 heterocycles. The van der Waals surface area contributed by atoms with Gasteiger partial charge in [0.05, 0.1) is 0 Å². The average Bonchev–Trinajstić information content (AvgIpc) is 2.47. The topological polar surface area (TPSA) is 41.3 Å². The summed E-state index contributed by atoms with van der Waals surface area (Å²) in [4.78, 5) is 2.49. The van der Waals surface area contributed by atoms with E-state index in [9.17, 15) is 0 Å². The maximum absolute atomic E-state index is 5.59. The molecule has 3 heteroatoms. The van der Waals surface area contributed by atoms with Gasteiger partial charge in [-0.2, -0.15) is 0 Å². The summed E-state index contributed by atoms with van der Waals surface area (Å²) < 4.78 is 0. The van der Waals surface area contributed by atoms with E-state index in [1.807, 2.05) is 0 Å². The van der Waals surface area contributed by atoms with E-state index < -0.39 is 0 Å². The molecule has 0 bridgehead atoms. The quantitative estimate of drug-likeness (QED) is 0.731. The number of rotatable bonds is 7. The second-order valence-electron chi connectivity index (χ2n) is 5.51. The monoisotopic (exact) mass is 261 g/mol. The smallest absolute Gasteiger partial charge is 0.0105 e. The van der Waals surface area contributed by atoms with Crippen molar-refractivity contribution in [3.05, 3.63) is 35.9 Å². The van der Waals surface area contributed by atoms with Gasteiger partial charge >= 0.3 is 0 Å². The highest BCUT2D eigenvalue weighted by molar-refractivity contribution is 5.14. The van der Waals surface area contributed by atoms with Crippen molar-refractivity contribution in [1.29, 1.82) is 0 Å². The molecule has 106 valence electrons. The summed E-state index contributed by atoms with van der Waals surface area (Å²) in [5, 5.41) is 3.61. The summed E-state index contributed by atoms with van der Waals surface area (Å²) in [6.07, 6.45) is 3.77. The van der Waals surface area contributed by atoms with Crippen LogP contribution >= 0.6 is 0 Å². The number of nitrogens with two attached hydrogens (primary N) is 1. The highest BCUT2D eigenvalue weighted by Gasteiger charge is 2.17. The van der Waals surface area contributed by atoms with Crippen molar-refractivity contribution < 1.29 is 0 Å². The van der Waals surface area contributed by atoms with Gasteiger partial charge < -0.3 is 16.0 Å². The Morgan fingerprint density at radius 3 is 2.58 bits per heavy atom. The lowest BCUT2D eigenvalue weighted by atomic mass is 9.97. The molecule has 2 rings (SSSR count). The third-order valence-corrected chi connectivity index (χ3v) is 4.02. The van der Waals surface area contributed by atoms with Crippen LogP contribution in [-0.4, -0.2) is 44.2 Å². The Kier molecular flexibility index (Phi) is 6.34. The van der Waals surface area contributed by atoms with E-state index in [1.54, 1.807) is 0 Å². The Hall–Kier alpha value is -0.900. The molecule has 0 unspecified atom stereocenters. The van der Waals surface area contributed by atoms with Crippen LogP contribution in [0.15, 0.2) is 30.3 Å². The van der Waals surface area contributed by atoms with Crippen molar-refractivity contribution in [2.24, 2.45) is 11.7 Å². The summed E-state index contributed by atoms with van der Waals surface area (Å²) in [7, 11) is 0. The SMILES string of the molecule is NCCN1CCC(CNCCc2ccccc2)CC1. The molecule has 1 aliphatic rings. The highest BCUT2D eigenvalue weighted by Crippen LogP contribution is 2.15. The number of nitrogens with one attached hydrogen (secondary N) is 1. The minimum atomic E-state index is 0.792. The van der Waals surface area contributed by atoms with Crippen LogP contribution in [0.4, 0.5) is 0 Å². The molecule has 1 aromatic rings. The Bertz CT molecular complexity index is 331. The molecule has 0 aromatic heterocycles. The fourth-order valence-corrected chi connectivity index (χ4v) is 2.78. The van der Waals surface area contributed by atoms with E-state index in [0.29, 0.717) is 0 Å². The maximum atomic E-state index is 5.59. The van der Waals surface area contributed by atoms with Gasteiger partial charge in [-0.15, -0.1) is 0 Å². The standard InChI is InChI=1S/C16H27N3/c17-9-13-19-11-7-16(8-12-19)14-18-10-6-15-4-2-1-3-5-15/h1-5,16,18H,6-14,17H2. The van der Waals surface area contributed by atoms with Crippen LogP contribution in [0.1, 0.15) is 18.4 Å². The average molecular weight is 261 g/mol. The Morgan fingerprint density at radius 2 is 1.89 bits per heavy atom. The largest absolute Gasteiger partial charge is 0.329 e. The van der Waals surface area contributed by atoms with Crippen molar-refractivity contribution in [2.75, 3.05) is 39.3 Å². The normalized spacial score (nSPS) is 17.7. The second-order valence-corrected chi connectivity index (χ2v) is 5.51. The van der Waals surface area contributed by atoms with Crippen LogP contribution in [0.5, 0.6) is 0 Å². The molecule has 3 N–H and O–H groups in total. The summed E-state index contributed by atoms with van der Waals surface area (Å²) in [6, 6.07) is 10.7. The molecule has 19 heavy (non-hydrogen) atoms. The molecule has 0 spiro atoms. The second kappa shape index (κ2) is 8.31. The van der Waals surface area contributed by atoms with Gasteiger partial charge in [-0.05, 0) is 56.9 Å². The van der Waals surface area contributed by atoms with E-state index in [0.717, 1.165) is 32.0 Å². The fraction of sp³-hybridized carbons (Fsp3) is 0.625. The fourth-order valence-electron chi connectivity index (χ4n) is 2.78. The summed E-state index contributed by atoms with van der Waals surface area (Å²) >= 11 is 0. The molecular formula is C16H27N3. The van der Waals surface area contributed by atoms with E-state index in [-0.39, 0.29) is 0 Å². The van der Waals surface area contributed by atoms with Crippen LogP contribution in [-0.2, 0) is 6.42 Å². The predicted octanol–water partition coefficient (Wildman–Crippen LogP) is 1.49. The molecule has 0 atom stereocenters. The van der Waals surface area contributed by atoms with Gasteiger partial charge in [0.25, 0.3) is 0 Å². The van der Waals surface area contributed by atoms with Gasteiger partial charge in [-0.1, -0.05) is 30.3 Å². The highest BCUT2D eigenvalue weighted by atomic mass is 15.1. The number of benzene rings is 1. The number of nitrogens with zero attached hydrogens (tertiary/aromatic N) is 1. The molecule has 1 saturated heterocycles. The van der Waals surface area contributed by atoms with E-state index >= 15 is 0 Å². The van der Waals surface area contributed by atoms with E-state index in [2.05, 4.69) is 40.5 Å². The zero-order chi connectivity index (χ0) is 13.3. The van der Waals surface area contributed by atoms with Gasteiger partial charge in [0.2, 0.25) is 0 Å². The van der Waals surface area contributed by atoms with Crippen molar-refractivity contribution in [1.82, 2.24) is 10.2 Å². The molecule has 0 aliphatic carbocycles. The molecule has 1 aliphatic heterocycles. The van der Waals surface area contributed by atoms with Gasteiger partial charge in [-0.3, -0.25) is 0 Å². The van der Waals surface area contributed by atoms with Gasteiger partial charge in [0.1, 0.15) is 0 Å². The summed E-state index contributed by atoms with van der Waals surface area (Å²) in [6.45, 7) is 6.56. The third-order valence-electron chi connectivity index (χ3n) is 4.02. The first-order valence-electron chi connectivity index (χ1n) is 7.55. The minimum absolute atomic E-state index is 0.792. The molecule has 3 nitrogen and oxygen atoms in total. The predicted molar refractivity (Wildman–Crippen MR) is 81.2 cm³/mol. The first kappa shape index (κ1) is 14.5. The minimum Gasteiger partial charge on any atom is -0.329 e. The molecule has 0 saturated carbocycles. The van der Waals surface area contributed by atoms with Crippen LogP contribution in [0.3, 0.4) is 0 Å². The number of hydrogen-bond acceptors (Lipinski definition) is 3. The van der Waals surface area contributed by atoms with Crippen LogP contribution in [0.25, 0.3) is 0 Å². The molecular weight excluding hydrogens is 234 g/mol. The number of likely N-dealkylation sites (tertiary alicyclic amines) is 1. The molecule has 1 fully saturated rings. The molecule has 1 aromatic carbocycles. The van der Waals surface area contributed by atoms with Crippen molar-refractivity contribution in [3.63, 3.8) is 0 Å². The third kappa shape index (κ3) is 5.31. The molecule has 0 amide bonds. The summed E-state index contributed by atoms with van der Waals surface area (Å²) in [5.41, 5.74) is 7.02. The number of piperidine rings is 1.